The van der Waals surface area contributed by atoms with Gasteiger partial charge in [-0.05, 0) is 73.2 Å². The average molecular weight is 504 g/mol. The lowest BCUT2D eigenvalue weighted by Gasteiger charge is -2.23. The fraction of sp³-hybridized carbons (Fsp3) is 0.355. The summed E-state index contributed by atoms with van der Waals surface area (Å²) < 4.78 is 20.5. The largest absolute Gasteiger partial charge is 0.490 e. The molecule has 0 bridgehead atoms. The van der Waals surface area contributed by atoms with Crippen LogP contribution in [0.15, 0.2) is 66.7 Å². The van der Waals surface area contributed by atoms with Crippen molar-refractivity contribution in [3.8, 4) is 5.75 Å². The number of nitrogens with one attached hydrogen (secondary N) is 2. The van der Waals surface area contributed by atoms with E-state index in [2.05, 4.69) is 26.1 Å². The maximum absolute atomic E-state index is 14.4. The van der Waals surface area contributed by atoms with Gasteiger partial charge in [-0.1, -0.05) is 52.8 Å². The Morgan fingerprint density at radius 1 is 1.00 bits per heavy atom. The second kappa shape index (κ2) is 12.5. The first-order valence-electron chi connectivity index (χ1n) is 12.9. The van der Waals surface area contributed by atoms with E-state index in [4.69, 9.17) is 15.9 Å². The third-order valence-electron chi connectivity index (χ3n) is 6.41. The van der Waals surface area contributed by atoms with Crippen molar-refractivity contribution < 1.29 is 13.9 Å². The van der Waals surface area contributed by atoms with E-state index in [0.29, 0.717) is 33.9 Å². The molecule has 2 unspecified atom stereocenters. The number of rotatable bonds is 11. The van der Waals surface area contributed by atoms with Crippen LogP contribution >= 0.6 is 0 Å². The Labute approximate surface area is 219 Å². The molecule has 2 atom stereocenters. The number of nitrogens with two attached hydrogens (primary N) is 1. The summed E-state index contributed by atoms with van der Waals surface area (Å²) in [4.78, 5) is 13.2. The van der Waals surface area contributed by atoms with Crippen molar-refractivity contribution in [2.75, 3.05) is 5.73 Å². The molecule has 5 nitrogen and oxygen atoms in total. The lowest BCUT2D eigenvalue weighted by Crippen LogP contribution is -2.32. The zero-order chi connectivity index (χ0) is 27.1. The van der Waals surface area contributed by atoms with Crippen LogP contribution in [0.25, 0.3) is 0 Å². The highest BCUT2D eigenvalue weighted by Crippen LogP contribution is 2.26. The molecule has 0 heterocycles. The molecule has 0 radical (unpaired) electrons. The summed E-state index contributed by atoms with van der Waals surface area (Å²) >= 11 is 0. The molecular formula is C31H38FN3O2. The summed E-state index contributed by atoms with van der Waals surface area (Å²) in [5, 5.41) is 11.7. The minimum absolute atomic E-state index is 0.0269. The van der Waals surface area contributed by atoms with Gasteiger partial charge in [0.1, 0.15) is 11.6 Å². The molecule has 3 aromatic carbocycles. The van der Waals surface area contributed by atoms with Crippen molar-refractivity contribution in [1.29, 1.82) is 5.41 Å². The van der Waals surface area contributed by atoms with Gasteiger partial charge in [0.25, 0.3) is 5.91 Å². The molecule has 0 saturated carbocycles. The van der Waals surface area contributed by atoms with Gasteiger partial charge in [-0.2, -0.15) is 0 Å². The molecule has 3 rings (SSSR count). The van der Waals surface area contributed by atoms with Crippen molar-refractivity contribution in [1.82, 2.24) is 5.32 Å². The van der Waals surface area contributed by atoms with Crippen LogP contribution in [0.5, 0.6) is 5.75 Å². The summed E-state index contributed by atoms with van der Waals surface area (Å²) in [5.41, 5.74) is 8.74. The maximum atomic E-state index is 14.4. The van der Waals surface area contributed by atoms with E-state index >= 15 is 0 Å². The minimum atomic E-state index is -0.496. The molecule has 0 fully saturated rings. The standard InChI is InChI=1S/C31H38FN3O2/c1-6-23(17-19(2)3)37-24-14-11-21(12-15-24)29(34)26-18-22(13-16-28(26)33)31(36)35-30(20(4)5)25-9-7-8-10-27(25)32/h7-16,18-20,23,30,34H,6,17,33H2,1-5H3,(H,35,36). The highest BCUT2D eigenvalue weighted by Gasteiger charge is 2.23. The molecule has 196 valence electrons. The van der Waals surface area contributed by atoms with E-state index in [1.54, 1.807) is 36.4 Å². The fourth-order valence-electron chi connectivity index (χ4n) is 4.34. The minimum Gasteiger partial charge on any atom is -0.490 e. The van der Waals surface area contributed by atoms with Crippen molar-refractivity contribution in [2.45, 2.75) is 59.6 Å². The molecule has 4 N–H and O–H groups in total. The Morgan fingerprint density at radius 3 is 2.24 bits per heavy atom. The average Bonchev–Trinajstić information content (AvgIpc) is 2.87. The number of amides is 1. The second-order valence-corrected chi connectivity index (χ2v) is 10.2. The number of hydrogen-bond donors (Lipinski definition) is 3. The molecule has 1 amide bonds. The van der Waals surface area contributed by atoms with Crippen LogP contribution in [-0.4, -0.2) is 17.7 Å². The molecule has 0 aliphatic carbocycles. The number of nitrogen functional groups attached to an aromatic ring is 1. The number of carbonyl (C=O) groups excluding carboxylic acids is 1. The van der Waals surface area contributed by atoms with Crippen LogP contribution in [0, 0.1) is 23.1 Å². The molecule has 6 heteroatoms. The number of hydrogen-bond acceptors (Lipinski definition) is 4. The van der Waals surface area contributed by atoms with Gasteiger partial charge in [-0.25, -0.2) is 4.39 Å². The highest BCUT2D eigenvalue weighted by atomic mass is 19.1. The van der Waals surface area contributed by atoms with E-state index < -0.39 is 6.04 Å². The molecule has 37 heavy (non-hydrogen) atoms. The highest BCUT2D eigenvalue weighted by molar-refractivity contribution is 6.14. The number of carbonyl (C=O) groups is 1. The SMILES string of the molecule is CCC(CC(C)C)Oc1ccc(C(=N)c2cc(C(=O)NC(c3ccccc3F)C(C)C)ccc2N)cc1. The quantitative estimate of drug-likeness (QED) is 0.192. The van der Waals surface area contributed by atoms with Crippen LogP contribution < -0.4 is 15.8 Å². The molecule has 0 saturated heterocycles. The third kappa shape index (κ3) is 7.19. The number of ether oxygens (including phenoxy) is 1. The van der Waals surface area contributed by atoms with Crippen molar-refractivity contribution in [2.24, 2.45) is 11.8 Å². The van der Waals surface area contributed by atoms with Crippen LogP contribution in [-0.2, 0) is 0 Å². The van der Waals surface area contributed by atoms with Crippen LogP contribution in [0.3, 0.4) is 0 Å². The molecule has 0 aliphatic rings. The van der Waals surface area contributed by atoms with Crippen LogP contribution in [0.1, 0.15) is 80.6 Å². The maximum Gasteiger partial charge on any atom is 0.251 e. The first-order chi connectivity index (χ1) is 17.6. The molecular weight excluding hydrogens is 465 g/mol. The van der Waals surface area contributed by atoms with Gasteiger partial charge in [-0.15, -0.1) is 0 Å². The van der Waals surface area contributed by atoms with Crippen LogP contribution in [0.2, 0.25) is 0 Å². The van der Waals surface area contributed by atoms with Crippen molar-refractivity contribution >= 4 is 17.3 Å². The lowest BCUT2D eigenvalue weighted by molar-refractivity contribution is 0.0924. The topological polar surface area (TPSA) is 88.2 Å². The van der Waals surface area contributed by atoms with Gasteiger partial charge < -0.3 is 15.8 Å². The first kappa shape index (κ1) is 27.9. The molecule has 3 aromatic rings. The molecule has 0 aliphatic heterocycles. The van der Waals surface area contributed by atoms with Gasteiger partial charge >= 0.3 is 0 Å². The van der Waals surface area contributed by atoms with Gasteiger partial charge in [0.2, 0.25) is 0 Å². The van der Waals surface area contributed by atoms with Crippen LogP contribution in [0.4, 0.5) is 10.1 Å². The smallest absolute Gasteiger partial charge is 0.251 e. The zero-order valence-electron chi connectivity index (χ0n) is 22.3. The summed E-state index contributed by atoms with van der Waals surface area (Å²) in [6.07, 6.45) is 2.05. The van der Waals surface area contributed by atoms with E-state index in [1.165, 1.54) is 6.07 Å². The normalized spacial score (nSPS) is 12.9. The summed E-state index contributed by atoms with van der Waals surface area (Å²) in [6.45, 7) is 10.3. The van der Waals surface area contributed by atoms with Gasteiger partial charge in [0, 0.05) is 27.9 Å². The van der Waals surface area contributed by atoms with E-state index in [-0.39, 0.29) is 29.5 Å². The van der Waals surface area contributed by atoms with Crippen molar-refractivity contribution in [3.63, 3.8) is 0 Å². The number of halogens is 1. The third-order valence-corrected chi connectivity index (χ3v) is 6.41. The molecule has 0 spiro atoms. The van der Waals surface area contributed by atoms with Gasteiger partial charge in [0.15, 0.2) is 0 Å². The zero-order valence-corrected chi connectivity index (χ0v) is 22.3. The predicted octanol–water partition coefficient (Wildman–Crippen LogP) is 7.15. The van der Waals surface area contributed by atoms with E-state index in [1.807, 2.05) is 38.1 Å². The Balaban J connectivity index is 1.79. The Morgan fingerprint density at radius 2 is 1.65 bits per heavy atom. The summed E-state index contributed by atoms with van der Waals surface area (Å²) in [5.74, 6) is 0.574. The number of benzene rings is 3. The van der Waals surface area contributed by atoms with Gasteiger partial charge in [-0.3, -0.25) is 10.2 Å². The lowest BCUT2D eigenvalue weighted by atomic mass is 9.94. The second-order valence-electron chi connectivity index (χ2n) is 10.2. The first-order valence-corrected chi connectivity index (χ1v) is 12.9. The fourth-order valence-corrected chi connectivity index (χ4v) is 4.34. The number of anilines is 1. The Kier molecular flexibility index (Phi) is 9.45. The predicted molar refractivity (Wildman–Crippen MR) is 149 cm³/mol. The molecule has 0 aromatic heterocycles. The van der Waals surface area contributed by atoms with E-state index in [9.17, 15) is 9.18 Å². The summed E-state index contributed by atoms with van der Waals surface area (Å²) in [7, 11) is 0. The van der Waals surface area contributed by atoms with Gasteiger partial charge in [0.05, 0.1) is 17.9 Å². The summed E-state index contributed by atoms with van der Waals surface area (Å²) in [6, 6.07) is 18.2. The monoisotopic (exact) mass is 503 g/mol. The van der Waals surface area contributed by atoms with E-state index in [0.717, 1.165) is 18.6 Å². The Hall–Kier alpha value is -3.67. The Bertz CT molecular complexity index is 1220. The van der Waals surface area contributed by atoms with Crippen molar-refractivity contribution in [3.05, 3.63) is 94.8 Å².